The molecule has 2 N–H and O–H groups in total. The first-order valence-corrected chi connectivity index (χ1v) is 9.13. The highest BCUT2D eigenvalue weighted by molar-refractivity contribution is 14.0. The molecule has 6 nitrogen and oxygen atoms in total. The van der Waals surface area contributed by atoms with Crippen LogP contribution in [0.1, 0.15) is 12.5 Å². The Labute approximate surface area is 188 Å². The predicted molar refractivity (Wildman–Crippen MR) is 125 cm³/mol. The van der Waals surface area contributed by atoms with E-state index in [2.05, 4.69) is 15.6 Å². The van der Waals surface area contributed by atoms with Crippen molar-refractivity contribution in [2.75, 3.05) is 34.4 Å². The maximum Gasteiger partial charge on any atom is 0.191 e. The molecule has 0 aliphatic heterocycles. The van der Waals surface area contributed by atoms with Crippen LogP contribution < -0.4 is 24.8 Å². The van der Waals surface area contributed by atoms with E-state index in [4.69, 9.17) is 14.2 Å². The minimum absolute atomic E-state index is 0. The summed E-state index contributed by atoms with van der Waals surface area (Å²) in [5.74, 6) is 2.29. The van der Waals surface area contributed by atoms with Crippen molar-refractivity contribution in [1.82, 2.24) is 10.6 Å². The molecule has 2 aromatic carbocycles. The minimum Gasteiger partial charge on any atom is -0.493 e. The number of nitrogens with zero attached hydrogens (tertiary/aromatic N) is 1. The normalized spacial score (nSPS) is 11.8. The third-order valence-electron chi connectivity index (χ3n) is 4.07. The summed E-state index contributed by atoms with van der Waals surface area (Å²) in [5.41, 5.74) is 1.13. The van der Waals surface area contributed by atoms with Crippen LogP contribution >= 0.6 is 24.0 Å². The van der Waals surface area contributed by atoms with Gasteiger partial charge in [-0.05, 0) is 43.2 Å². The van der Waals surface area contributed by atoms with E-state index in [1.807, 2.05) is 25.1 Å². The molecule has 0 spiro atoms. The number of nitrogens with one attached hydrogen (secondary N) is 2. The summed E-state index contributed by atoms with van der Waals surface area (Å²) in [6.45, 7) is 3.15. The molecule has 160 valence electrons. The molecule has 29 heavy (non-hydrogen) atoms. The van der Waals surface area contributed by atoms with Crippen LogP contribution in [-0.4, -0.2) is 46.4 Å². The predicted octanol–water partition coefficient (Wildman–Crippen LogP) is 3.64. The molecule has 0 amide bonds. The molecule has 1 unspecified atom stereocenters. The number of methoxy groups -OCH3 is 2. The van der Waals surface area contributed by atoms with Crippen molar-refractivity contribution in [1.29, 1.82) is 0 Å². The van der Waals surface area contributed by atoms with Crippen molar-refractivity contribution in [2.24, 2.45) is 4.99 Å². The lowest BCUT2D eigenvalue weighted by atomic mass is 10.1. The van der Waals surface area contributed by atoms with Crippen molar-refractivity contribution in [3.8, 4) is 17.2 Å². The molecule has 0 aliphatic carbocycles. The van der Waals surface area contributed by atoms with Gasteiger partial charge in [0, 0.05) is 19.7 Å². The summed E-state index contributed by atoms with van der Waals surface area (Å²) in [7, 11) is 4.95. The second kappa shape index (κ2) is 13.1. The van der Waals surface area contributed by atoms with Gasteiger partial charge in [0.15, 0.2) is 17.5 Å². The van der Waals surface area contributed by atoms with E-state index in [1.54, 1.807) is 33.4 Å². The summed E-state index contributed by atoms with van der Waals surface area (Å²) in [6.07, 6.45) is 0.655. The highest BCUT2D eigenvalue weighted by Gasteiger charge is 2.07. The summed E-state index contributed by atoms with van der Waals surface area (Å²) < 4.78 is 29.5. The summed E-state index contributed by atoms with van der Waals surface area (Å²) >= 11 is 0. The maximum absolute atomic E-state index is 13.2. The smallest absolute Gasteiger partial charge is 0.191 e. The first-order valence-electron chi connectivity index (χ1n) is 9.13. The monoisotopic (exact) mass is 517 g/mol. The molecule has 0 bridgehead atoms. The summed E-state index contributed by atoms with van der Waals surface area (Å²) in [5, 5.41) is 6.47. The van der Waals surface area contributed by atoms with Gasteiger partial charge in [0.25, 0.3) is 0 Å². The Morgan fingerprint density at radius 3 is 2.48 bits per heavy atom. The van der Waals surface area contributed by atoms with Crippen LogP contribution in [0.5, 0.6) is 17.2 Å². The van der Waals surface area contributed by atoms with Crippen molar-refractivity contribution < 1.29 is 18.6 Å². The van der Waals surface area contributed by atoms with Gasteiger partial charge in [0.1, 0.15) is 17.7 Å². The molecule has 0 saturated carbocycles. The number of aliphatic imine (C=N–C) groups is 1. The van der Waals surface area contributed by atoms with Crippen molar-refractivity contribution in [3.63, 3.8) is 0 Å². The second-order valence-corrected chi connectivity index (χ2v) is 6.21. The molecule has 2 aromatic rings. The number of hydrogen-bond donors (Lipinski definition) is 2. The first kappa shape index (κ1) is 24.8. The van der Waals surface area contributed by atoms with E-state index in [0.717, 1.165) is 12.0 Å². The fourth-order valence-electron chi connectivity index (χ4n) is 2.64. The number of guanidine groups is 1. The highest BCUT2D eigenvalue weighted by Crippen LogP contribution is 2.27. The standard InChI is InChI=1S/C21H28FN3O3.HI/c1-15(28-18-7-5-6-17(22)13-18)14-25-21(23-2)24-11-10-16-8-9-19(26-3)20(12-16)27-4;/h5-9,12-13,15H,10-11,14H2,1-4H3,(H2,23,24,25);1H. The van der Waals surface area contributed by atoms with Gasteiger partial charge in [-0.15, -0.1) is 24.0 Å². The van der Waals surface area contributed by atoms with Crippen LogP contribution in [-0.2, 0) is 6.42 Å². The molecular weight excluding hydrogens is 488 g/mol. The second-order valence-electron chi connectivity index (χ2n) is 6.21. The molecule has 0 fully saturated rings. The molecule has 8 heteroatoms. The SMILES string of the molecule is CN=C(NCCc1ccc(OC)c(OC)c1)NCC(C)Oc1cccc(F)c1.I. The van der Waals surface area contributed by atoms with Crippen LogP contribution in [0, 0.1) is 5.82 Å². The molecule has 0 heterocycles. The third kappa shape index (κ3) is 8.35. The largest absolute Gasteiger partial charge is 0.493 e. The molecule has 0 radical (unpaired) electrons. The number of ether oxygens (including phenoxy) is 3. The van der Waals surface area contributed by atoms with Gasteiger partial charge in [0.05, 0.1) is 20.8 Å². The first-order chi connectivity index (χ1) is 13.5. The molecule has 2 rings (SSSR count). The average molecular weight is 517 g/mol. The van der Waals surface area contributed by atoms with E-state index in [0.29, 0.717) is 36.3 Å². The lowest BCUT2D eigenvalue weighted by Crippen LogP contribution is -2.42. The number of halogens is 2. The quantitative estimate of drug-likeness (QED) is 0.302. The molecule has 0 saturated heterocycles. The number of rotatable bonds is 9. The zero-order chi connectivity index (χ0) is 20.4. The fraction of sp³-hybridized carbons (Fsp3) is 0.381. The van der Waals surface area contributed by atoms with Gasteiger partial charge in [0.2, 0.25) is 0 Å². The maximum atomic E-state index is 13.2. The zero-order valence-electron chi connectivity index (χ0n) is 17.2. The number of benzene rings is 2. The Kier molecular flexibility index (Phi) is 11.2. The van der Waals surface area contributed by atoms with Gasteiger partial charge in [-0.1, -0.05) is 12.1 Å². The van der Waals surface area contributed by atoms with Crippen molar-refractivity contribution >= 4 is 29.9 Å². The average Bonchev–Trinajstić information content (AvgIpc) is 2.70. The van der Waals surface area contributed by atoms with Crippen LogP contribution in [0.4, 0.5) is 4.39 Å². The van der Waals surface area contributed by atoms with Gasteiger partial charge in [-0.25, -0.2) is 4.39 Å². The van der Waals surface area contributed by atoms with E-state index < -0.39 is 0 Å². The van der Waals surface area contributed by atoms with Crippen LogP contribution in [0.25, 0.3) is 0 Å². The van der Waals surface area contributed by atoms with Gasteiger partial charge in [-0.3, -0.25) is 4.99 Å². The van der Waals surface area contributed by atoms with Crippen LogP contribution in [0.3, 0.4) is 0 Å². The van der Waals surface area contributed by atoms with Gasteiger partial charge < -0.3 is 24.8 Å². The molecule has 0 aliphatic rings. The highest BCUT2D eigenvalue weighted by atomic mass is 127. The van der Waals surface area contributed by atoms with E-state index >= 15 is 0 Å². The minimum atomic E-state index is -0.315. The van der Waals surface area contributed by atoms with Crippen LogP contribution in [0.2, 0.25) is 0 Å². The molecular formula is C21H29FIN3O3. The van der Waals surface area contributed by atoms with E-state index in [9.17, 15) is 4.39 Å². The summed E-state index contributed by atoms with van der Waals surface area (Å²) in [6, 6.07) is 12.0. The lowest BCUT2D eigenvalue weighted by Gasteiger charge is -2.18. The van der Waals surface area contributed by atoms with Crippen molar-refractivity contribution in [3.05, 3.63) is 53.8 Å². The Morgan fingerprint density at radius 2 is 1.83 bits per heavy atom. The van der Waals surface area contributed by atoms with E-state index in [1.165, 1.54) is 12.1 Å². The van der Waals surface area contributed by atoms with E-state index in [-0.39, 0.29) is 35.9 Å². The summed E-state index contributed by atoms with van der Waals surface area (Å²) in [4.78, 5) is 4.21. The van der Waals surface area contributed by atoms with Crippen LogP contribution in [0.15, 0.2) is 47.5 Å². The lowest BCUT2D eigenvalue weighted by molar-refractivity contribution is 0.223. The Hall–Kier alpha value is -2.23. The topological polar surface area (TPSA) is 64.1 Å². The zero-order valence-corrected chi connectivity index (χ0v) is 19.5. The van der Waals surface area contributed by atoms with Crippen molar-refractivity contribution in [2.45, 2.75) is 19.4 Å². The fourth-order valence-corrected chi connectivity index (χ4v) is 2.64. The Bertz CT molecular complexity index is 790. The molecule has 0 aromatic heterocycles. The van der Waals surface area contributed by atoms with Gasteiger partial charge in [-0.2, -0.15) is 0 Å². The Balaban J connectivity index is 0.00000420. The third-order valence-corrected chi connectivity index (χ3v) is 4.07. The Morgan fingerprint density at radius 1 is 1.07 bits per heavy atom. The molecule has 1 atom stereocenters. The van der Waals surface area contributed by atoms with Gasteiger partial charge >= 0.3 is 0 Å². The number of hydrogen-bond acceptors (Lipinski definition) is 4.